The summed E-state index contributed by atoms with van der Waals surface area (Å²) in [5.74, 6) is 0. The van der Waals surface area contributed by atoms with Gasteiger partial charge in [-0.05, 0) is 34.6 Å². The van der Waals surface area contributed by atoms with Gasteiger partial charge in [-0.15, -0.1) is 0 Å². The topological polar surface area (TPSA) is 21.7 Å². The fraction of sp³-hybridized carbons (Fsp3) is 1.00. The molecule has 17 heavy (non-hydrogen) atoms. The van der Waals surface area contributed by atoms with Gasteiger partial charge in [-0.2, -0.15) is 0 Å². The maximum atomic E-state index is 5.88. The van der Waals surface area contributed by atoms with Gasteiger partial charge >= 0.3 is 0 Å². The minimum absolute atomic E-state index is 0.469. The van der Waals surface area contributed by atoms with Crippen LogP contribution in [0.1, 0.15) is 48.5 Å². The fourth-order valence-corrected chi connectivity index (χ4v) is 3.00. The van der Waals surface area contributed by atoms with Gasteiger partial charge in [-0.1, -0.05) is 13.8 Å². The minimum atomic E-state index is -0.716. The van der Waals surface area contributed by atoms with Crippen LogP contribution in [0, 0.1) is 0 Å². The average Bonchev–Trinajstić information content (AvgIpc) is 2.20. The van der Waals surface area contributed by atoms with Crippen LogP contribution in [-0.4, -0.2) is 42.4 Å². The van der Waals surface area contributed by atoms with Crippen LogP contribution in [0.15, 0.2) is 0 Å². The molecule has 0 aromatic carbocycles. The van der Waals surface area contributed by atoms with E-state index in [0.29, 0.717) is 17.7 Å². The lowest BCUT2D eigenvalue weighted by Crippen LogP contribution is -2.39. The maximum absolute atomic E-state index is 5.88. The van der Waals surface area contributed by atoms with Crippen LogP contribution >= 0.6 is 8.38 Å². The third-order valence-electron chi connectivity index (χ3n) is 2.57. The van der Waals surface area contributed by atoms with Crippen LogP contribution in [0.2, 0.25) is 0 Å². The highest BCUT2D eigenvalue weighted by Gasteiger charge is 2.17. The molecule has 0 aliphatic heterocycles. The molecule has 0 aromatic rings. The lowest BCUT2D eigenvalue weighted by Gasteiger charge is -2.31. The molecule has 0 heterocycles. The second-order valence-corrected chi connectivity index (χ2v) is 7.18. The zero-order chi connectivity index (χ0) is 13.4. The van der Waals surface area contributed by atoms with Crippen molar-refractivity contribution in [2.45, 2.75) is 66.2 Å². The first-order valence-electron chi connectivity index (χ1n) is 6.70. The van der Waals surface area contributed by atoms with E-state index in [9.17, 15) is 0 Å². The van der Waals surface area contributed by atoms with Gasteiger partial charge in [0.05, 0.1) is 13.2 Å². The van der Waals surface area contributed by atoms with Gasteiger partial charge in [-0.25, -0.2) is 0 Å². The van der Waals surface area contributed by atoms with Crippen LogP contribution in [0.5, 0.6) is 0 Å². The summed E-state index contributed by atoms with van der Waals surface area (Å²) in [6, 6.07) is 1.13. The molecule has 0 aliphatic carbocycles. The highest BCUT2D eigenvalue weighted by atomic mass is 31.2. The Kier molecular flexibility index (Phi) is 9.44. The molecule has 1 atom stereocenters. The number of nitrogens with zero attached hydrogens (tertiary/aromatic N) is 1. The first kappa shape index (κ1) is 17.3. The van der Waals surface area contributed by atoms with E-state index < -0.39 is 8.38 Å². The second kappa shape index (κ2) is 9.27. The van der Waals surface area contributed by atoms with E-state index in [1.807, 2.05) is 6.92 Å². The molecular formula is C13H30NO2P. The standard InChI is InChI=1S/C13H30NO2P/c1-8-15-17(13(6)7)16-10-9-14(11(2)3)12(4)5/h11-13H,8-10H2,1-7H3. The van der Waals surface area contributed by atoms with Crippen molar-refractivity contribution in [1.82, 2.24) is 4.90 Å². The smallest absolute Gasteiger partial charge is 0.173 e. The molecule has 3 nitrogen and oxygen atoms in total. The molecule has 0 radical (unpaired) electrons. The Bertz CT molecular complexity index is 178. The van der Waals surface area contributed by atoms with Gasteiger partial charge in [-0.3, -0.25) is 4.90 Å². The van der Waals surface area contributed by atoms with Crippen molar-refractivity contribution in [3.63, 3.8) is 0 Å². The number of hydrogen-bond acceptors (Lipinski definition) is 3. The van der Waals surface area contributed by atoms with Crippen LogP contribution < -0.4 is 0 Å². The van der Waals surface area contributed by atoms with Gasteiger partial charge in [0.1, 0.15) is 0 Å². The van der Waals surface area contributed by atoms with Gasteiger partial charge in [0.2, 0.25) is 0 Å². The molecule has 0 saturated heterocycles. The Morgan fingerprint density at radius 3 is 1.82 bits per heavy atom. The number of hydrogen-bond donors (Lipinski definition) is 0. The van der Waals surface area contributed by atoms with Crippen LogP contribution in [0.25, 0.3) is 0 Å². The Morgan fingerprint density at radius 2 is 1.47 bits per heavy atom. The van der Waals surface area contributed by atoms with Crippen LogP contribution in [-0.2, 0) is 9.05 Å². The molecule has 0 amide bonds. The molecule has 0 aliphatic rings. The van der Waals surface area contributed by atoms with Gasteiger partial charge in [0.25, 0.3) is 0 Å². The molecular weight excluding hydrogens is 233 g/mol. The van der Waals surface area contributed by atoms with Gasteiger partial charge in [0, 0.05) is 24.3 Å². The third kappa shape index (κ3) is 7.35. The SMILES string of the molecule is CCOP(OCCN(C(C)C)C(C)C)C(C)C. The maximum Gasteiger partial charge on any atom is 0.173 e. The van der Waals surface area contributed by atoms with E-state index in [4.69, 9.17) is 9.05 Å². The van der Waals surface area contributed by atoms with Gasteiger partial charge < -0.3 is 9.05 Å². The number of rotatable bonds is 9. The first-order chi connectivity index (χ1) is 7.90. The lowest BCUT2D eigenvalue weighted by atomic mass is 10.2. The normalized spacial score (nSPS) is 14.3. The Morgan fingerprint density at radius 1 is 0.941 bits per heavy atom. The Labute approximate surface area is 109 Å². The second-order valence-electron chi connectivity index (χ2n) is 5.06. The van der Waals surface area contributed by atoms with E-state index in [1.54, 1.807) is 0 Å². The first-order valence-corrected chi connectivity index (χ1v) is 7.95. The molecule has 4 heteroatoms. The third-order valence-corrected chi connectivity index (χ3v) is 4.37. The lowest BCUT2D eigenvalue weighted by molar-refractivity contribution is 0.137. The summed E-state index contributed by atoms with van der Waals surface area (Å²) in [7, 11) is -0.716. The van der Waals surface area contributed by atoms with Crippen molar-refractivity contribution in [2.24, 2.45) is 0 Å². The van der Waals surface area contributed by atoms with Crippen LogP contribution in [0.4, 0.5) is 0 Å². The summed E-state index contributed by atoms with van der Waals surface area (Å²) >= 11 is 0. The molecule has 0 bridgehead atoms. The summed E-state index contributed by atoms with van der Waals surface area (Å²) in [6.45, 7) is 17.7. The predicted molar refractivity (Wildman–Crippen MR) is 76.6 cm³/mol. The fourth-order valence-electron chi connectivity index (χ4n) is 1.81. The molecule has 104 valence electrons. The van der Waals surface area contributed by atoms with Crippen molar-refractivity contribution < 1.29 is 9.05 Å². The zero-order valence-electron chi connectivity index (χ0n) is 12.6. The van der Waals surface area contributed by atoms with Crippen molar-refractivity contribution in [3.8, 4) is 0 Å². The van der Waals surface area contributed by atoms with Crippen molar-refractivity contribution in [1.29, 1.82) is 0 Å². The van der Waals surface area contributed by atoms with E-state index >= 15 is 0 Å². The van der Waals surface area contributed by atoms with E-state index in [-0.39, 0.29) is 0 Å². The molecule has 1 unspecified atom stereocenters. The highest BCUT2D eigenvalue weighted by Crippen LogP contribution is 2.43. The van der Waals surface area contributed by atoms with Gasteiger partial charge in [0.15, 0.2) is 8.38 Å². The molecule has 0 N–H and O–H groups in total. The summed E-state index contributed by atoms with van der Waals surface area (Å²) < 4.78 is 11.5. The predicted octanol–water partition coefficient (Wildman–Crippen LogP) is 3.88. The summed E-state index contributed by atoms with van der Waals surface area (Å²) in [4.78, 5) is 2.44. The quantitative estimate of drug-likeness (QED) is 0.589. The van der Waals surface area contributed by atoms with E-state index in [1.165, 1.54) is 0 Å². The molecule has 0 aromatic heterocycles. The molecule has 0 fully saturated rings. The molecule has 0 spiro atoms. The van der Waals surface area contributed by atoms with E-state index in [0.717, 1.165) is 19.8 Å². The van der Waals surface area contributed by atoms with Crippen molar-refractivity contribution in [3.05, 3.63) is 0 Å². The highest BCUT2D eigenvalue weighted by molar-refractivity contribution is 7.48. The van der Waals surface area contributed by atoms with E-state index in [2.05, 4.69) is 46.4 Å². The Hall–Kier alpha value is 0.310. The molecule has 0 rings (SSSR count). The van der Waals surface area contributed by atoms with Crippen molar-refractivity contribution in [2.75, 3.05) is 19.8 Å². The Balaban J connectivity index is 4.00. The summed E-state index contributed by atoms with van der Waals surface area (Å²) in [5, 5.41) is 0. The largest absolute Gasteiger partial charge is 0.334 e. The zero-order valence-corrected chi connectivity index (χ0v) is 13.5. The molecule has 0 saturated carbocycles. The van der Waals surface area contributed by atoms with Crippen LogP contribution in [0.3, 0.4) is 0 Å². The minimum Gasteiger partial charge on any atom is -0.334 e. The van der Waals surface area contributed by atoms with Crippen molar-refractivity contribution >= 4 is 8.38 Å². The average molecular weight is 263 g/mol. The summed E-state index contributed by atoms with van der Waals surface area (Å²) in [5.41, 5.74) is 0.469. The monoisotopic (exact) mass is 263 g/mol. The summed E-state index contributed by atoms with van der Waals surface area (Å²) in [6.07, 6.45) is 0.